The molecule has 0 radical (unpaired) electrons. The first-order chi connectivity index (χ1) is 8.55. The molecule has 1 aromatic heterocycles. The molecule has 0 aromatic carbocycles. The van der Waals surface area contributed by atoms with E-state index in [4.69, 9.17) is 0 Å². The Hall–Kier alpha value is -0.920. The van der Waals surface area contributed by atoms with Crippen LogP contribution in [-0.2, 0) is 16.6 Å². The molecule has 1 aromatic rings. The van der Waals surface area contributed by atoms with Crippen molar-refractivity contribution in [2.75, 3.05) is 20.6 Å². The van der Waals surface area contributed by atoms with Crippen molar-refractivity contribution < 1.29 is 8.42 Å². The Morgan fingerprint density at radius 2 is 2.28 bits per heavy atom. The second-order valence-corrected chi connectivity index (χ2v) is 6.65. The fourth-order valence-corrected chi connectivity index (χ4v) is 3.31. The lowest BCUT2D eigenvalue weighted by molar-refractivity contribution is 0.249. The first-order valence-electron chi connectivity index (χ1n) is 6.21. The summed E-state index contributed by atoms with van der Waals surface area (Å²) in [5.74, 6) is 0. The zero-order valence-electron chi connectivity index (χ0n) is 10.8. The lowest BCUT2D eigenvalue weighted by atomic mass is 9.94. The van der Waals surface area contributed by atoms with Gasteiger partial charge in [-0.1, -0.05) is 6.42 Å². The maximum Gasteiger partial charge on any atom is 0.246 e. The van der Waals surface area contributed by atoms with Gasteiger partial charge in [-0.15, -0.1) is 0 Å². The van der Waals surface area contributed by atoms with Gasteiger partial charge in [0.1, 0.15) is 4.90 Å². The summed E-state index contributed by atoms with van der Waals surface area (Å²) in [5, 5.41) is 7.08. The summed E-state index contributed by atoms with van der Waals surface area (Å²) in [4.78, 5) is 0.285. The first kappa shape index (κ1) is 13.5. The number of nitrogens with one attached hydrogen (secondary N) is 1. The van der Waals surface area contributed by atoms with Crippen LogP contribution in [0.5, 0.6) is 0 Å². The van der Waals surface area contributed by atoms with Crippen LogP contribution in [0.2, 0.25) is 0 Å². The number of likely N-dealkylation sites (N-methyl/N-ethyl adjacent to an activating group) is 1. The Morgan fingerprint density at radius 1 is 1.56 bits per heavy atom. The van der Waals surface area contributed by atoms with Crippen LogP contribution in [0, 0.1) is 0 Å². The number of hydrogen-bond acceptors (Lipinski definition) is 4. The standard InChI is InChI=1S/C11H20N4O2S/c1-12-6-7-15-9-11(8-13-15)18(16,17)14(2)10-4-3-5-10/h8-10,12H,3-7H2,1-2H3. The largest absolute Gasteiger partial charge is 0.318 e. The molecule has 2 rings (SSSR count). The van der Waals surface area contributed by atoms with Crippen LogP contribution in [0.4, 0.5) is 0 Å². The van der Waals surface area contributed by atoms with Gasteiger partial charge in [-0.2, -0.15) is 9.40 Å². The molecule has 0 saturated heterocycles. The highest BCUT2D eigenvalue weighted by Gasteiger charge is 2.32. The van der Waals surface area contributed by atoms with Crippen LogP contribution in [0.1, 0.15) is 19.3 Å². The molecule has 1 heterocycles. The molecule has 0 aliphatic heterocycles. The van der Waals surface area contributed by atoms with Gasteiger partial charge in [0.15, 0.2) is 0 Å². The quantitative estimate of drug-likeness (QED) is 0.807. The fourth-order valence-electron chi connectivity index (χ4n) is 1.94. The van der Waals surface area contributed by atoms with Gasteiger partial charge in [-0.25, -0.2) is 8.42 Å². The van der Waals surface area contributed by atoms with Gasteiger partial charge in [0.25, 0.3) is 0 Å². The summed E-state index contributed by atoms with van der Waals surface area (Å²) in [6, 6.07) is 0.163. The molecule has 0 spiro atoms. The highest BCUT2D eigenvalue weighted by Crippen LogP contribution is 2.28. The molecule has 0 unspecified atom stereocenters. The molecule has 1 aliphatic carbocycles. The van der Waals surface area contributed by atoms with Crippen molar-refractivity contribution in [3.8, 4) is 0 Å². The van der Waals surface area contributed by atoms with E-state index in [0.29, 0.717) is 6.54 Å². The summed E-state index contributed by atoms with van der Waals surface area (Å²) >= 11 is 0. The summed E-state index contributed by atoms with van der Waals surface area (Å²) in [7, 11) is 0.136. The lowest BCUT2D eigenvalue weighted by Crippen LogP contribution is -2.41. The second-order valence-electron chi connectivity index (χ2n) is 4.65. The van der Waals surface area contributed by atoms with E-state index >= 15 is 0 Å². The van der Waals surface area contributed by atoms with Crippen molar-refractivity contribution >= 4 is 10.0 Å². The molecule has 1 aliphatic rings. The van der Waals surface area contributed by atoms with Crippen LogP contribution in [0.25, 0.3) is 0 Å². The predicted molar refractivity (Wildman–Crippen MR) is 68.7 cm³/mol. The number of rotatable bonds is 6. The zero-order valence-corrected chi connectivity index (χ0v) is 11.7. The van der Waals surface area contributed by atoms with Crippen molar-refractivity contribution in [3.63, 3.8) is 0 Å². The Bertz CT molecular complexity index is 493. The lowest BCUT2D eigenvalue weighted by Gasteiger charge is -2.33. The fraction of sp³-hybridized carbons (Fsp3) is 0.727. The third-order valence-electron chi connectivity index (χ3n) is 3.47. The maximum absolute atomic E-state index is 12.3. The average molecular weight is 272 g/mol. The van der Waals surface area contributed by atoms with Crippen LogP contribution < -0.4 is 5.32 Å². The molecule has 1 N–H and O–H groups in total. The van der Waals surface area contributed by atoms with Crippen molar-refractivity contribution in [3.05, 3.63) is 12.4 Å². The van der Waals surface area contributed by atoms with Gasteiger partial charge in [0, 0.05) is 25.8 Å². The molecule has 1 fully saturated rings. The van der Waals surface area contributed by atoms with Gasteiger partial charge in [-0.05, 0) is 19.9 Å². The van der Waals surface area contributed by atoms with Gasteiger partial charge in [0.05, 0.1) is 12.7 Å². The third-order valence-corrected chi connectivity index (χ3v) is 5.33. The van der Waals surface area contributed by atoms with Gasteiger partial charge in [-0.3, -0.25) is 4.68 Å². The van der Waals surface area contributed by atoms with E-state index in [1.165, 1.54) is 10.5 Å². The first-order valence-corrected chi connectivity index (χ1v) is 7.65. The van der Waals surface area contributed by atoms with E-state index in [1.807, 2.05) is 7.05 Å². The number of aromatic nitrogens is 2. The number of sulfonamides is 1. The van der Waals surface area contributed by atoms with Gasteiger partial charge < -0.3 is 5.32 Å². The molecule has 0 amide bonds. The van der Waals surface area contributed by atoms with Crippen LogP contribution in [0.15, 0.2) is 17.3 Å². The van der Waals surface area contributed by atoms with Gasteiger partial charge >= 0.3 is 0 Å². The second kappa shape index (κ2) is 5.38. The molecular formula is C11H20N4O2S. The molecule has 0 bridgehead atoms. The monoisotopic (exact) mass is 272 g/mol. The van der Waals surface area contributed by atoms with E-state index in [2.05, 4.69) is 10.4 Å². The Labute approximate surface area is 108 Å². The van der Waals surface area contributed by atoms with Gasteiger partial charge in [0.2, 0.25) is 10.0 Å². The minimum atomic E-state index is -3.37. The van der Waals surface area contributed by atoms with E-state index in [9.17, 15) is 8.42 Å². The highest BCUT2D eigenvalue weighted by molar-refractivity contribution is 7.89. The van der Waals surface area contributed by atoms with Crippen molar-refractivity contribution in [1.29, 1.82) is 0 Å². The van der Waals surface area contributed by atoms with E-state index in [-0.39, 0.29) is 10.9 Å². The van der Waals surface area contributed by atoms with E-state index < -0.39 is 10.0 Å². The minimum absolute atomic E-state index is 0.163. The molecule has 7 heteroatoms. The molecular weight excluding hydrogens is 252 g/mol. The molecule has 1 saturated carbocycles. The van der Waals surface area contributed by atoms with Crippen LogP contribution in [-0.4, -0.2) is 49.2 Å². The van der Waals surface area contributed by atoms with Crippen molar-refractivity contribution in [1.82, 2.24) is 19.4 Å². The summed E-state index contributed by atoms with van der Waals surface area (Å²) in [5.41, 5.74) is 0. The van der Waals surface area contributed by atoms with Crippen molar-refractivity contribution in [2.24, 2.45) is 0 Å². The normalized spacial score (nSPS) is 17.1. The van der Waals surface area contributed by atoms with E-state index in [0.717, 1.165) is 25.8 Å². The molecule has 0 atom stereocenters. The molecule has 18 heavy (non-hydrogen) atoms. The number of nitrogens with zero attached hydrogens (tertiary/aromatic N) is 3. The van der Waals surface area contributed by atoms with Crippen molar-refractivity contribution in [2.45, 2.75) is 36.7 Å². The molecule has 6 nitrogen and oxygen atoms in total. The zero-order chi connectivity index (χ0) is 13.2. The Balaban J connectivity index is 2.11. The molecule has 102 valence electrons. The Morgan fingerprint density at radius 3 is 2.83 bits per heavy atom. The predicted octanol–water partition coefficient (Wildman–Crippen LogP) is 0.275. The topological polar surface area (TPSA) is 67.2 Å². The highest BCUT2D eigenvalue weighted by atomic mass is 32.2. The summed E-state index contributed by atoms with van der Waals surface area (Å²) in [6.07, 6.45) is 6.07. The maximum atomic E-state index is 12.3. The smallest absolute Gasteiger partial charge is 0.246 e. The average Bonchev–Trinajstić information content (AvgIpc) is 2.73. The summed E-state index contributed by atoms with van der Waals surface area (Å²) < 4.78 is 27.8. The van der Waals surface area contributed by atoms with Crippen LogP contribution >= 0.6 is 0 Å². The third kappa shape index (κ3) is 2.57. The van der Waals surface area contributed by atoms with Crippen LogP contribution in [0.3, 0.4) is 0 Å². The minimum Gasteiger partial charge on any atom is -0.318 e. The SMILES string of the molecule is CNCCn1cc(S(=O)(=O)N(C)C2CCC2)cn1. The number of hydrogen-bond donors (Lipinski definition) is 1. The Kier molecular flexibility index (Phi) is 4.04. The van der Waals surface area contributed by atoms with E-state index in [1.54, 1.807) is 17.9 Å². The summed E-state index contributed by atoms with van der Waals surface area (Å²) in [6.45, 7) is 1.43.